The lowest BCUT2D eigenvalue weighted by molar-refractivity contribution is -0.116. The molecule has 6 heteroatoms. The minimum absolute atomic E-state index is 0.148. The predicted molar refractivity (Wildman–Crippen MR) is 97.2 cm³/mol. The molecule has 0 radical (unpaired) electrons. The Morgan fingerprint density at radius 1 is 1.04 bits per heavy atom. The molecule has 0 heterocycles. The van der Waals surface area contributed by atoms with Gasteiger partial charge in [-0.2, -0.15) is 0 Å². The van der Waals surface area contributed by atoms with Gasteiger partial charge in [0.2, 0.25) is 5.91 Å². The van der Waals surface area contributed by atoms with Crippen molar-refractivity contribution < 1.29 is 9.59 Å². The summed E-state index contributed by atoms with van der Waals surface area (Å²) in [6.45, 7) is 0.355. The van der Waals surface area contributed by atoms with Gasteiger partial charge in [-0.15, -0.1) is 0 Å². The fourth-order valence-electron chi connectivity index (χ4n) is 2.00. The van der Waals surface area contributed by atoms with Crippen LogP contribution in [0.5, 0.6) is 0 Å². The smallest absolute Gasteiger partial charge is 0.251 e. The van der Waals surface area contributed by atoms with Gasteiger partial charge in [0.05, 0.1) is 0 Å². The fourth-order valence-corrected chi connectivity index (χ4v) is 2.52. The van der Waals surface area contributed by atoms with Crippen molar-refractivity contribution in [3.63, 3.8) is 0 Å². The molecular formula is C18H16Cl2N2O2. The van der Waals surface area contributed by atoms with E-state index in [1.54, 1.807) is 55.6 Å². The third-order valence-electron chi connectivity index (χ3n) is 3.31. The summed E-state index contributed by atoms with van der Waals surface area (Å²) in [7, 11) is 1.58. The fraction of sp³-hybridized carbons (Fsp3) is 0.111. The first-order chi connectivity index (χ1) is 11.5. The monoisotopic (exact) mass is 362 g/mol. The zero-order valence-electron chi connectivity index (χ0n) is 13.0. The van der Waals surface area contributed by atoms with E-state index in [1.165, 1.54) is 6.08 Å². The van der Waals surface area contributed by atoms with Gasteiger partial charge in [-0.3, -0.25) is 9.59 Å². The van der Waals surface area contributed by atoms with Gasteiger partial charge in [0.25, 0.3) is 5.91 Å². The second-order valence-corrected chi connectivity index (χ2v) is 5.78. The molecule has 0 fully saturated rings. The maximum absolute atomic E-state index is 11.9. The average Bonchev–Trinajstić information content (AvgIpc) is 2.59. The molecule has 0 aliphatic heterocycles. The molecular weight excluding hydrogens is 347 g/mol. The van der Waals surface area contributed by atoms with E-state index in [4.69, 9.17) is 23.2 Å². The first kappa shape index (κ1) is 18.0. The molecule has 24 heavy (non-hydrogen) atoms. The molecule has 2 N–H and O–H groups in total. The van der Waals surface area contributed by atoms with Gasteiger partial charge < -0.3 is 10.6 Å². The van der Waals surface area contributed by atoms with Crippen LogP contribution < -0.4 is 10.6 Å². The summed E-state index contributed by atoms with van der Waals surface area (Å²) in [6, 6.07) is 12.2. The summed E-state index contributed by atoms with van der Waals surface area (Å²) >= 11 is 12.1. The van der Waals surface area contributed by atoms with Crippen molar-refractivity contribution in [2.45, 2.75) is 6.54 Å². The van der Waals surface area contributed by atoms with E-state index in [0.29, 0.717) is 27.7 Å². The van der Waals surface area contributed by atoms with E-state index in [0.717, 1.165) is 5.56 Å². The van der Waals surface area contributed by atoms with Crippen LogP contribution in [0, 0.1) is 0 Å². The molecule has 0 atom stereocenters. The summed E-state index contributed by atoms with van der Waals surface area (Å²) in [4.78, 5) is 23.3. The lowest BCUT2D eigenvalue weighted by Gasteiger charge is -2.05. The van der Waals surface area contributed by atoms with Crippen LogP contribution in [-0.4, -0.2) is 18.9 Å². The molecule has 0 saturated carbocycles. The van der Waals surface area contributed by atoms with Crippen molar-refractivity contribution in [3.05, 3.63) is 75.3 Å². The van der Waals surface area contributed by atoms with E-state index in [2.05, 4.69) is 10.6 Å². The average molecular weight is 363 g/mol. The molecule has 0 bridgehead atoms. The van der Waals surface area contributed by atoms with Gasteiger partial charge in [0, 0.05) is 40.8 Å². The van der Waals surface area contributed by atoms with Gasteiger partial charge in [-0.05, 0) is 35.9 Å². The third-order valence-corrected chi connectivity index (χ3v) is 3.97. The Hall–Kier alpha value is -2.30. The Morgan fingerprint density at radius 3 is 2.25 bits per heavy atom. The highest BCUT2D eigenvalue weighted by atomic mass is 35.5. The topological polar surface area (TPSA) is 58.2 Å². The third kappa shape index (κ3) is 4.85. The van der Waals surface area contributed by atoms with Crippen LogP contribution in [0.3, 0.4) is 0 Å². The summed E-state index contributed by atoms with van der Waals surface area (Å²) < 4.78 is 0. The summed E-state index contributed by atoms with van der Waals surface area (Å²) in [5.41, 5.74) is 2.06. The summed E-state index contributed by atoms with van der Waals surface area (Å²) in [5.74, 6) is -0.411. The molecule has 0 aliphatic carbocycles. The van der Waals surface area contributed by atoms with Crippen molar-refractivity contribution in [2.24, 2.45) is 0 Å². The molecule has 0 unspecified atom stereocenters. The molecule has 124 valence electrons. The highest BCUT2D eigenvalue weighted by Gasteiger charge is 2.04. The van der Waals surface area contributed by atoms with Gasteiger partial charge in [-0.25, -0.2) is 0 Å². The molecule has 2 aromatic rings. The largest absolute Gasteiger partial charge is 0.355 e. The van der Waals surface area contributed by atoms with E-state index in [-0.39, 0.29) is 11.8 Å². The maximum Gasteiger partial charge on any atom is 0.251 e. The van der Waals surface area contributed by atoms with Gasteiger partial charge in [0.15, 0.2) is 0 Å². The lowest BCUT2D eigenvalue weighted by atomic mass is 10.1. The Labute approximate surface area is 150 Å². The van der Waals surface area contributed by atoms with Crippen LogP contribution in [0.1, 0.15) is 21.5 Å². The molecule has 0 aromatic heterocycles. The van der Waals surface area contributed by atoms with Crippen molar-refractivity contribution >= 4 is 41.1 Å². The number of benzene rings is 2. The highest BCUT2D eigenvalue weighted by Crippen LogP contribution is 2.25. The van der Waals surface area contributed by atoms with Gasteiger partial charge in [-0.1, -0.05) is 41.4 Å². The summed E-state index contributed by atoms with van der Waals surface area (Å²) in [5, 5.41) is 6.28. The number of carbonyl (C=O) groups excluding carboxylic acids is 2. The number of rotatable bonds is 5. The van der Waals surface area contributed by atoms with E-state index in [1.807, 2.05) is 0 Å². The number of amides is 2. The van der Waals surface area contributed by atoms with Crippen LogP contribution in [0.15, 0.2) is 48.5 Å². The number of hydrogen-bond donors (Lipinski definition) is 2. The van der Waals surface area contributed by atoms with Crippen molar-refractivity contribution in [1.82, 2.24) is 10.6 Å². The second kappa shape index (κ2) is 8.52. The van der Waals surface area contributed by atoms with Crippen molar-refractivity contribution in [1.29, 1.82) is 0 Å². The van der Waals surface area contributed by atoms with Crippen LogP contribution in [0.25, 0.3) is 6.08 Å². The zero-order chi connectivity index (χ0) is 17.5. The van der Waals surface area contributed by atoms with Crippen molar-refractivity contribution in [2.75, 3.05) is 7.05 Å². The number of hydrogen-bond acceptors (Lipinski definition) is 2. The standard InChI is InChI=1S/C18H16Cl2N2O2/c1-21-18(24)13-7-5-12(6-8-13)11-22-17(23)10-9-14-15(19)3-2-4-16(14)20/h2-10H,11H2,1H3,(H,21,24)(H,22,23)/b10-9+. The Bertz CT molecular complexity index is 751. The quantitative estimate of drug-likeness (QED) is 0.797. The molecule has 2 aromatic carbocycles. The molecule has 0 saturated heterocycles. The molecule has 0 aliphatic rings. The summed E-state index contributed by atoms with van der Waals surface area (Å²) in [6.07, 6.45) is 2.96. The van der Waals surface area contributed by atoms with Crippen LogP contribution in [0.2, 0.25) is 10.0 Å². The van der Waals surface area contributed by atoms with Crippen LogP contribution in [-0.2, 0) is 11.3 Å². The molecule has 0 spiro atoms. The minimum atomic E-state index is -0.263. The lowest BCUT2D eigenvalue weighted by Crippen LogP contribution is -2.20. The number of carbonyl (C=O) groups is 2. The maximum atomic E-state index is 11.9. The SMILES string of the molecule is CNC(=O)c1ccc(CNC(=O)/C=C/c2c(Cl)cccc2Cl)cc1. The number of nitrogens with one attached hydrogen (secondary N) is 2. The second-order valence-electron chi connectivity index (χ2n) is 4.96. The van der Waals surface area contributed by atoms with Crippen LogP contribution >= 0.6 is 23.2 Å². The first-order valence-corrected chi connectivity index (χ1v) is 7.98. The van der Waals surface area contributed by atoms with Gasteiger partial charge >= 0.3 is 0 Å². The Balaban J connectivity index is 1.93. The Kier molecular flexibility index (Phi) is 6.41. The highest BCUT2D eigenvalue weighted by molar-refractivity contribution is 6.37. The predicted octanol–water partition coefficient (Wildman–Crippen LogP) is 3.68. The Morgan fingerprint density at radius 2 is 1.67 bits per heavy atom. The van der Waals surface area contributed by atoms with Gasteiger partial charge in [0.1, 0.15) is 0 Å². The molecule has 2 rings (SSSR count). The molecule has 2 amide bonds. The van der Waals surface area contributed by atoms with E-state index < -0.39 is 0 Å². The number of halogens is 2. The molecule has 4 nitrogen and oxygen atoms in total. The zero-order valence-corrected chi connectivity index (χ0v) is 14.5. The van der Waals surface area contributed by atoms with E-state index in [9.17, 15) is 9.59 Å². The van der Waals surface area contributed by atoms with Crippen molar-refractivity contribution in [3.8, 4) is 0 Å². The minimum Gasteiger partial charge on any atom is -0.355 e. The normalized spacial score (nSPS) is 10.6. The van der Waals surface area contributed by atoms with Crippen LogP contribution in [0.4, 0.5) is 0 Å². The van der Waals surface area contributed by atoms with E-state index >= 15 is 0 Å². The first-order valence-electron chi connectivity index (χ1n) is 7.22.